The van der Waals surface area contributed by atoms with Crippen LogP contribution in [0.25, 0.3) is 0 Å². The Kier molecular flexibility index (Phi) is 6.88. The fraction of sp³-hybridized carbons (Fsp3) is 0.278. The summed E-state index contributed by atoms with van der Waals surface area (Å²) < 4.78 is 1.77. The van der Waals surface area contributed by atoms with Crippen molar-refractivity contribution in [2.24, 2.45) is 7.05 Å². The summed E-state index contributed by atoms with van der Waals surface area (Å²) >= 11 is 8.50. The van der Waals surface area contributed by atoms with E-state index in [4.69, 9.17) is 11.6 Å². The van der Waals surface area contributed by atoms with Gasteiger partial charge in [0.25, 0.3) is 5.91 Å². The minimum Gasteiger partial charge on any atom is -0.342 e. The van der Waals surface area contributed by atoms with Crippen LogP contribution in [-0.2, 0) is 11.8 Å². The van der Waals surface area contributed by atoms with E-state index in [1.165, 1.54) is 23.1 Å². The van der Waals surface area contributed by atoms with Gasteiger partial charge in [-0.25, -0.2) is 4.98 Å². The van der Waals surface area contributed by atoms with Gasteiger partial charge in [-0.2, -0.15) is 0 Å². The SMILES string of the molecule is C[C@@H](Sc1nnc([C@@H](C)NC(=O)c2ccc(Cl)cc2)n1C)C(=O)Nc1nccs1. The van der Waals surface area contributed by atoms with E-state index < -0.39 is 5.25 Å². The first-order valence-corrected chi connectivity index (χ1v) is 10.8. The van der Waals surface area contributed by atoms with E-state index >= 15 is 0 Å². The van der Waals surface area contributed by atoms with Crippen LogP contribution < -0.4 is 10.6 Å². The molecule has 0 fully saturated rings. The first-order chi connectivity index (χ1) is 13.8. The van der Waals surface area contributed by atoms with Gasteiger partial charge in [-0.3, -0.25) is 9.59 Å². The number of carbonyl (C=O) groups is 2. The number of anilines is 1. The number of aromatic nitrogens is 4. The summed E-state index contributed by atoms with van der Waals surface area (Å²) in [6.45, 7) is 3.61. The van der Waals surface area contributed by atoms with E-state index in [9.17, 15) is 9.59 Å². The maximum Gasteiger partial charge on any atom is 0.251 e. The van der Waals surface area contributed by atoms with Crippen LogP contribution in [0.15, 0.2) is 41.0 Å². The number of nitrogens with one attached hydrogen (secondary N) is 2. The molecule has 0 bridgehead atoms. The summed E-state index contributed by atoms with van der Waals surface area (Å²) in [6, 6.07) is 6.27. The summed E-state index contributed by atoms with van der Waals surface area (Å²) in [6.07, 6.45) is 1.63. The monoisotopic (exact) mass is 450 g/mol. The molecule has 8 nitrogen and oxygen atoms in total. The third-order valence-corrected chi connectivity index (χ3v) is 6.10. The average molecular weight is 451 g/mol. The van der Waals surface area contributed by atoms with Crippen LogP contribution in [-0.4, -0.2) is 36.8 Å². The number of halogens is 1. The summed E-state index contributed by atoms with van der Waals surface area (Å²) in [5.41, 5.74) is 0.505. The number of nitrogens with zero attached hydrogens (tertiary/aromatic N) is 4. The van der Waals surface area contributed by atoms with Crippen LogP contribution in [0.2, 0.25) is 5.02 Å². The molecule has 3 rings (SSSR count). The van der Waals surface area contributed by atoms with Crippen LogP contribution in [0.1, 0.15) is 36.1 Å². The molecular weight excluding hydrogens is 432 g/mol. The molecule has 0 saturated carbocycles. The number of rotatable bonds is 7. The topological polar surface area (TPSA) is 102 Å². The highest BCUT2D eigenvalue weighted by Crippen LogP contribution is 2.25. The van der Waals surface area contributed by atoms with Crippen molar-refractivity contribution >= 4 is 51.6 Å². The predicted molar refractivity (Wildman–Crippen MR) is 114 cm³/mol. The second-order valence-corrected chi connectivity index (χ2v) is 8.83. The Bertz CT molecular complexity index is 990. The fourth-order valence-corrected chi connectivity index (χ4v) is 3.94. The molecule has 0 unspecified atom stereocenters. The lowest BCUT2D eigenvalue weighted by Gasteiger charge is -2.14. The molecule has 0 aliphatic rings. The fourth-order valence-electron chi connectivity index (χ4n) is 2.46. The molecule has 0 saturated heterocycles. The first-order valence-electron chi connectivity index (χ1n) is 8.68. The lowest BCUT2D eigenvalue weighted by atomic mass is 10.2. The molecule has 2 heterocycles. The molecule has 11 heteroatoms. The van der Waals surface area contributed by atoms with Crippen LogP contribution in [0.3, 0.4) is 0 Å². The number of amides is 2. The second-order valence-electron chi connectivity index (χ2n) is 6.19. The zero-order valence-electron chi connectivity index (χ0n) is 15.9. The molecule has 0 spiro atoms. The second kappa shape index (κ2) is 9.38. The Morgan fingerprint density at radius 3 is 2.59 bits per heavy atom. The third kappa shape index (κ3) is 5.34. The van der Waals surface area contributed by atoms with Crippen molar-refractivity contribution in [3.8, 4) is 0 Å². The van der Waals surface area contributed by atoms with Gasteiger partial charge in [0.2, 0.25) is 5.91 Å². The lowest BCUT2D eigenvalue weighted by Crippen LogP contribution is -2.28. The highest BCUT2D eigenvalue weighted by Gasteiger charge is 2.22. The van der Waals surface area contributed by atoms with Gasteiger partial charge < -0.3 is 15.2 Å². The van der Waals surface area contributed by atoms with Crippen LogP contribution >= 0.6 is 34.7 Å². The third-order valence-electron chi connectivity index (χ3n) is 4.02. The molecule has 152 valence electrons. The number of thioether (sulfide) groups is 1. The van der Waals surface area contributed by atoms with Crippen molar-refractivity contribution in [2.45, 2.75) is 30.3 Å². The molecule has 29 heavy (non-hydrogen) atoms. The number of hydrogen-bond donors (Lipinski definition) is 2. The van der Waals surface area contributed by atoms with Gasteiger partial charge in [0, 0.05) is 29.2 Å². The Balaban J connectivity index is 1.62. The molecule has 3 aromatic rings. The molecular formula is C18H19ClN6O2S2. The van der Waals surface area contributed by atoms with E-state index in [0.29, 0.717) is 26.7 Å². The van der Waals surface area contributed by atoms with Gasteiger partial charge in [0.1, 0.15) is 0 Å². The minimum atomic E-state index is -0.395. The Hall–Kier alpha value is -2.43. The van der Waals surface area contributed by atoms with Crippen molar-refractivity contribution in [2.75, 3.05) is 5.32 Å². The highest BCUT2D eigenvalue weighted by atomic mass is 35.5. The van der Waals surface area contributed by atoms with E-state index in [1.54, 1.807) is 54.4 Å². The van der Waals surface area contributed by atoms with Crippen molar-refractivity contribution in [3.63, 3.8) is 0 Å². The largest absolute Gasteiger partial charge is 0.342 e. The quantitative estimate of drug-likeness (QED) is 0.534. The number of hydrogen-bond acceptors (Lipinski definition) is 7. The summed E-state index contributed by atoms with van der Waals surface area (Å²) in [5.74, 6) is 0.184. The molecule has 0 aliphatic carbocycles. The number of carbonyl (C=O) groups excluding carboxylic acids is 2. The molecule has 0 aliphatic heterocycles. The summed E-state index contributed by atoms with van der Waals surface area (Å²) in [4.78, 5) is 28.7. The molecule has 2 amide bonds. The van der Waals surface area contributed by atoms with Gasteiger partial charge in [0.05, 0.1) is 11.3 Å². The van der Waals surface area contributed by atoms with Crippen LogP contribution in [0, 0.1) is 0 Å². The Labute approximate surface area is 181 Å². The molecule has 2 atom stereocenters. The van der Waals surface area contributed by atoms with Crippen LogP contribution in [0.4, 0.5) is 5.13 Å². The van der Waals surface area contributed by atoms with Gasteiger partial charge in [-0.1, -0.05) is 23.4 Å². The van der Waals surface area contributed by atoms with Crippen molar-refractivity contribution in [1.82, 2.24) is 25.1 Å². The van der Waals surface area contributed by atoms with Crippen molar-refractivity contribution < 1.29 is 9.59 Å². The standard InChI is InChI=1S/C18H19ClN6O2S2/c1-10(21-16(27)12-4-6-13(19)7-5-12)14-23-24-18(25(14)3)29-11(2)15(26)22-17-20-8-9-28-17/h4-11H,1-3H3,(H,21,27)(H,20,22,26)/t10-,11-/m1/s1. The van der Waals surface area contributed by atoms with E-state index in [1.807, 2.05) is 6.92 Å². The molecule has 0 radical (unpaired) electrons. The number of thiazole rings is 1. The van der Waals surface area contributed by atoms with E-state index in [-0.39, 0.29) is 17.9 Å². The van der Waals surface area contributed by atoms with Gasteiger partial charge in [-0.05, 0) is 38.1 Å². The van der Waals surface area contributed by atoms with Gasteiger partial charge in [0.15, 0.2) is 16.1 Å². The Morgan fingerprint density at radius 1 is 1.21 bits per heavy atom. The predicted octanol–water partition coefficient (Wildman–Crippen LogP) is 3.54. The highest BCUT2D eigenvalue weighted by molar-refractivity contribution is 8.00. The van der Waals surface area contributed by atoms with E-state index in [2.05, 4.69) is 25.8 Å². The van der Waals surface area contributed by atoms with Crippen LogP contribution in [0.5, 0.6) is 0 Å². The van der Waals surface area contributed by atoms with Crippen molar-refractivity contribution in [3.05, 3.63) is 52.3 Å². The summed E-state index contributed by atoms with van der Waals surface area (Å²) in [5, 5.41) is 17.1. The van der Waals surface area contributed by atoms with E-state index in [0.717, 1.165) is 0 Å². The molecule has 1 aromatic carbocycles. The normalized spacial score (nSPS) is 13.0. The Morgan fingerprint density at radius 2 is 1.93 bits per heavy atom. The number of benzene rings is 1. The average Bonchev–Trinajstić information content (AvgIpc) is 3.32. The molecule has 2 aromatic heterocycles. The lowest BCUT2D eigenvalue weighted by molar-refractivity contribution is -0.115. The molecule has 2 N–H and O–H groups in total. The summed E-state index contributed by atoms with van der Waals surface area (Å²) in [7, 11) is 1.80. The zero-order chi connectivity index (χ0) is 21.0. The minimum absolute atomic E-state index is 0.168. The zero-order valence-corrected chi connectivity index (χ0v) is 18.3. The van der Waals surface area contributed by atoms with Gasteiger partial charge in [-0.15, -0.1) is 21.5 Å². The first kappa shape index (κ1) is 21.3. The van der Waals surface area contributed by atoms with Gasteiger partial charge >= 0.3 is 0 Å². The maximum absolute atomic E-state index is 12.4. The maximum atomic E-state index is 12.4. The smallest absolute Gasteiger partial charge is 0.251 e. The van der Waals surface area contributed by atoms with Crippen molar-refractivity contribution in [1.29, 1.82) is 0 Å².